The summed E-state index contributed by atoms with van der Waals surface area (Å²) in [6.07, 6.45) is 0. The Labute approximate surface area is 160 Å². The van der Waals surface area contributed by atoms with Crippen molar-refractivity contribution in [3.8, 4) is 10.6 Å². The number of para-hydroxylation sites is 1. The van der Waals surface area contributed by atoms with E-state index in [-0.39, 0.29) is 5.91 Å². The van der Waals surface area contributed by atoms with E-state index < -0.39 is 6.04 Å². The second-order valence-electron chi connectivity index (χ2n) is 6.25. The Hall–Kier alpha value is -3.19. The lowest BCUT2D eigenvalue weighted by Crippen LogP contribution is -2.31. The molecule has 2 heterocycles. The third-order valence-electron chi connectivity index (χ3n) is 4.06. The lowest BCUT2D eigenvalue weighted by atomic mass is 10.2. The molecule has 1 atom stereocenters. The molecule has 0 aliphatic rings. The summed E-state index contributed by atoms with van der Waals surface area (Å²) in [6, 6.07) is 17.2. The minimum atomic E-state index is -0.437. The summed E-state index contributed by atoms with van der Waals surface area (Å²) < 4.78 is 6.12. The van der Waals surface area contributed by atoms with Crippen LogP contribution in [0.2, 0.25) is 0 Å². The molecule has 0 saturated carbocycles. The molecule has 1 amide bonds. The van der Waals surface area contributed by atoms with Crippen LogP contribution in [-0.2, 0) is 4.79 Å². The highest BCUT2D eigenvalue weighted by Gasteiger charge is 2.15. The summed E-state index contributed by atoms with van der Waals surface area (Å²) in [7, 11) is 0. The molecule has 0 aliphatic heterocycles. The van der Waals surface area contributed by atoms with Crippen molar-refractivity contribution >= 4 is 39.0 Å². The summed E-state index contributed by atoms with van der Waals surface area (Å²) in [5.74, 6) is 0.873. The van der Waals surface area contributed by atoms with E-state index in [1.807, 2.05) is 42.5 Å². The van der Waals surface area contributed by atoms with Crippen molar-refractivity contribution in [2.75, 3.05) is 10.6 Å². The van der Waals surface area contributed by atoms with Gasteiger partial charge in [0.1, 0.15) is 16.8 Å². The molecule has 0 bridgehead atoms. The molecule has 0 spiro atoms. The first-order valence-electron chi connectivity index (χ1n) is 8.55. The Bertz CT molecular complexity index is 1070. The van der Waals surface area contributed by atoms with E-state index in [1.165, 1.54) is 0 Å². The predicted octanol–water partition coefficient (Wildman–Crippen LogP) is 4.70. The fourth-order valence-electron chi connectivity index (χ4n) is 2.71. The van der Waals surface area contributed by atoms with Crippen LogP contribution in [0, 0.1) is 6.92 Å². The normalized spacial score (nSPS) is 12.1. The number of aromatic nitrogens is 2. The molecular weight excluding hydrogens is 360 g/mol. The number of aryl methyl sites for hydroxylation is 1. The number of hydrogen-bond donors (Lipinski definition) is 2. The first kappa shape index (κ1) is 17.2. The number of nitrogens with one attached hydrogen (secondary N) is 2. The van der Waals surface area contributed by atoms with Gasteiger partial charge in [-0.1, -0.05) is 29.4 Å². The van der Waals surface area contributed by atoms with Crippen molar-refractivity contribution in [3.05, 3.63) is 60.4 Å². The molecule has 0 radical (unpaired) electrons. The van der Waals surface area contributed by atoms with Crippen LogP contribution in [0.15, 0.2) is 59.1 Å². The smallest absolute Gasteiger partial charge is 0.247 e. The fourth-order valence-corrected chi connectivity index (χ4v) is 3.68. The molecular formula is C20H18N4O2S. The van der Waals surface area contributed by atoms with Crippen LogP contribution in [0.3, 0.4) is 0 Å². The Morgan fingerprint density at radius 1 is 1.15 bits per heavy atom. The monoisotopic (exact) mass is 378 g/mol. The number of anilines is 2. The van der Waals surface area contributed by atoms with Crippen molar-refractivity contribution in [2.24, 2.45) is 0 Å². The highest BCUT2D eigenvalue weighted by atomic mass is 32.1. The van der Waals surface area contributed by atoms with Gasteiger partial charge in [-0.3, -0.25) is 4.79 Å². The van der Waals surface area contributed by atoms with Crippen LogP contribution in [0.4, 0.5) is 11.5 Å². The molecule has 136 valence electrons. The number of nitrogens with zero attached hydrogens (tertiary/aromatic N) is 2. The summed E-state index contributed by atoms with van der Waals surface area (Å²) in [4.78, 5) is 17.0. The Balaban J connectivity index is 1.49. The number of carbonyl (C=O) groups excluding carboxylic acids is 1. The number of rotatable bonds is 5. The van der Waals surface area contributed by atoms with Gasteiger partial charge >= 0.3 is 0 Å². The van der Waals surface area contributed by atoms with Gasteiger partial charge in [-0.05, 0) is 38.1 Å². The van der Waals surface area contributed by atoms with Crippen LogP contribution < -0.4 is 10.6 Å². The van der Waals surface area contributed by atoms with Crippen molar-refractivity contribution in [1.82, 2.24) is 10.1 Å². The number of amides is 1. The summed E-state index contributed by atoms with van der Waals surface area (Å²) in [5.41, 5.74) is 2.86. The Morgan fingerprint density at radius 3 is 2.78 bits per heavy atom. The molecule has 4 rings (SSSR count). The maximum atomic E-state index is 12.3. The van der Waals surface area contributed by atoms with Crippen LogP contribution in [-0.4, -0.2) is 22.1 Å². The maximum Gasteiger partial charge on any atom is 0.247 e. The van der Waals surface area contributed by atoms with E-state index in [0.29, 0.717) is 11.6 Å². The molecule has 2 aromatic carbocycles. The first-order valence-corrected chi connectivity index (χ1v) is 9.37. The average Bonchev–Trinajstić information content (AvgIpc) is 3.27. The third-order valence-corrected chi connectivity index (χ3v) is 5.14. The number of hydrogen-bond acceptors (Lipinski definition) is 6. The lowest BCUT2D eigenvalue weighted by molar-refractivity contribution is -0.116. The quantitative estimate of drug-likeness (QED) is 0.526. The van der Waals surface area contributed by atoms with Gasteiger partial charge in [-0.15, -0.1) is 11.3 Å². The molecule has 4 aromatic rings. The lowest BCUT2D eigenvalue weighted by Gasteiger charge is -2.14. The van der Waals surface area contributed by atoms with Crippen LogP contribution in [0.1, 0.15) is 12.7 Å². The fraction of sp³-hybridized carbons (Fsp3) is 0.150. The van der Waals surface area contributed by atoms with Gasteiger partial charge in [-0.25, -0.2) is 4.98 Å². The van der Waals surface area contributed by atoms with Crippen molar-refractivity contribution < 1.29 is 9.32 Å². The summed E-state index contributed by atoms with van der Waals surface area (Å²) in [5, 5.41) is 10.7. The van der Waals surface area contributed by atoms with E-state index in [9.17, 15) is 4.79 Å². The van der Waals surface area contributed by atoms with E-state index >= 15 is 0 Å². The standard InChI is InChI=1S/C20H18N4O2S/c1-12-10-18(24-26-12)23-19(25)13(2)21-15-7-5-6-14(11-15)20-22-16-8-3-4-9-17(16)27-20/h3-11,13,21H,1-2H3,(H,23,24,25)/t13-/m1/s1. The van der Waals surface area contributed by atoms with Crippen molar-refractivity contribution in [2.45, 2.75) is 19.9 Å². The zero-order valence-electron chi connectivity index (χ0n) is 14.9. The highest BCUT2D eigenvalue weighted by molar-refractivity contribution is 7.21. The van der Waals surface area contributed by atoms with Crippen LogP contribution >= 0.6 is 11.3 Å². The highest BCUT2D eigenvalue weighted by Crippen LogP contribution is 2.31. The van der Waals surface area contributed by atoms with Gasteiger partial charge in [0.05, 0.1) is 10.2 Å². The molecule has 0 unspecified atom stereocenters. The zero-order valence-corrected chi connectivity index (χ0v) is 15.7. The predicted molar refractivity (Wildman–Crippen MR) is 108 cm³/mol. The van der Waals surface area contributed by atoms with E-state index in [1.54, 1.807) is 31.3 Å². The third kappa shape index (κ3) is 3.83. The summed E-state index contributed by atoms with van der Waals surface area (Å²) >= 11 is 1.65. The SMILES string of the molecule is Cc1cc(NC(=O)[C@@H](C)Nc2cccc(-c3nc4ccccc4s3)c2)no1. The largest absolute Gasteiger partial charge is 0.374 e. The first-order chi connectivity index (χ1) is 13.1. The van der Waals surface area contributed by atoms with Gasteiger partial charge in [-0.2, -0.15) is 0 Å². The van der Waals surface area contributed by atoms with Gasteiger partial charge in [0.25, 0.3) is 0 Å². The van der Waals surface area contributed by atoms with E-state index in [4.69, 9.17) is 4.52 Å². The van der Waals surface area contributed by atoms with Crippen molar-refractivity contribution in [1.29, 1.82) is 0 Å². The average molecular weight is 378 g/mol. The second kappa shape index (κ2) is 7.20. The van der Waals surface area contributed by atoms with Crippen LogP contribution in [0.25, 0.3) is 20.8 Å². The van der Waals surface area contributed by atoms with Gasteiger partial charge in [0.15, 0.2) is 5.82 Å². The molecule has 0 saturated heterocycles. The number of thiazole rings is 1. The molecule has 2 aromatic heterocycles. The molecule has 0 aliphatic carbocycles. The number of fused-ring (bicyclic) bond motifs is 1. The minimum Gasteiger partial charge on any atom is -0.374 e. The number of benzene rings is 2. The Kier molecular flexibility index (Phi) is 4.60. The van der Waals surface area contributed by atoms with Crippen molar-refractivity contribution in [3.63, 3.8) is 0 Å². The zero-order chi connectivity index (χ0) is 18.8. The second-order valence-corrected chi connectivity index (χ2v) is 7.28. The van der Waals surface area contributed by atoms with Gasteiger partial charge in [0.2, 0.25) is 5.91 Å². The van der Waals surface area contributed by atoms with E-state index in [0.717, 1.165) is 26.5 Å². The molecule has 2 N–H and O–H groups in total. The molecule has 27 heavy (non-hydrogen) atoms. The van der Waals surface area contributed by atoms with Gasteiger partial charge in [0, 0.05) is 17.3 Å². The van der Waals surface area contributed by atoms with E-state index in [2.05, 4.69) is 26.8 Å². The molecule has 6 nitrogen and oxygen atoms in total. The minimum absolute atomic E-state index is 0.186. The van der Waals surface area contributed by atoms with Crippen LogP contribution in [0.5, 0.6) is 0 Å². The Morgan fingerprint density at radius 2 is 2.00 bits per heavy atom. The maximum absolute atomic E-state index is 12.3. The summed E-state index contributed by atoms with van der Waals surface area (Å²) in [6.45, 7) is 3.57. The molecule has 7 heteroatoms. The molecule has 0 fully saturated rings. The number of carbonyl (C=O) groups is 1. The topological polar surface area (TPSA) is 80.0 Å². The van der Waals surface area contributed by atoms with Gasteiger partial charge < -0.3 is 15.2 Å².